The van der Waals surface area contributed by atoms with Crippen molar-refractivity contribution in [3.05, 3.63) is 41.7 Å². The first-order valence-corrected chi connectivity index (χ1v) is 9.92. The van der Waals surface area contributed by atoms with Crippen LogP contribution in [-0.4, -0.2) is 42.2 Å². The molecular weight excluding hydrogens is 342 g/mol. The molecule has 1 atom stereocenters. The summed E-state index contributed by atoms with van der Waals surface area (Å²) in [5, 5.41) is 7.24. The number of sulfone groups is 1. The number of aryl methyl sites for hydroxylation is 1. The van der Waals surface area contributed by atoms with E-state index in [0.29, 0.717) is 23.6 Å². The molecule has 0 radical (unpaired) electrons. The molecule has 0 saturated carbocycles. The lowest BCUT2D eigenvalue weighted by molar-refractivity contribution is -0.118. The predicted octanol–water partition coefficient (Wildman–Crippen LogP) is 1.88. The number of carbonyl (C=O) groups excluding carboxylic acids is 1. The molecule has 0 bridgehead atoms. The van der Waals surface area contributed by atoms with Gasteiger partial charge in [-0.25, -0.2) is 8.42 Å². The molecule has 3 rings (SSSR count). The van der Waals surface area contributed by atoms with Crippen molar-refractivity contribution < 1.29 is 17.9 Å². The van der Waals surface area contributed by atoms with E-state index < -0.39 is 9.84 Å². The number of aromatic nitrogens is 2. The van der Waals surface area contributed by atoms with Gasteiger partial charge in [-0.3, -0.25) is 9.48 Å². The summed E-state index contributed by atoms with van der Waals surface area (Å²) < 4.78 is 30.5. The second-order valence-electron chi connectivity index (χ2n) is 6.20. The lowest BCUT2D eigenvalue weighted by Gasteiger charge is -2.12. The van der Waals surface area contributed by atoms with Gasteiger partial charge in [0.25, 0.3) is 5.91 Å². The standard InChI is InChI=1S/C17H21N3O4S/c1-12-17(18-16(21)10-24-15-6-4-3-5-7-15)13(2)20(19-12)14-8-9-25(22,23)11-14/h3-7,14H,8-11H2,1-2H3,(H,18,21). The topological polar surface area (TPSA) is 90.3 Å². The van der Waals surface area contributed by atoms with Gasteiger partial charge in [0.1, 0.15) is 5.75 Å². The molecule has 1 N–H and O–H groups in total. The van der Waals surface area contributed by atoms with Crippen LogP contribution in [0, 0.1) is 13.8 Å². The number of anilines is 1. The average Bonchev–Trinajstić information content (AvgIpc) is 3.07. The minimum absolute atomic E-state index is 0.0967. The molecule has 134 valence electrons. The molecule has 1 aliphatic heterocycles. The van der Waals surface area contributed by atoms with Gasteiger partial charge in [0.2, 0.25) is 0 Å². The van der Waals surface area contributed by atoms with Gasteiger partial charge in [0, 0.05) is 0 Å². The summed E-state index contributed by atoms with van der Waals surface area (Å²) >= 11 is 0. The molecular formula is C17H21N3O4S. The van der Waals surface area contributed by atoms with Gasteiger partial charge >= 0.3 is 0 Å². The molecule has 0 spiro atoms. The number of hydrogen-bond acceptors (Lipinski definition) is 5. The molecule has 1 amide bonds. The molecule has 2 aromatic rings. The van der Waals surface area contributed by atoms with Gasteiger partial charge in [0.05, 0.1) is 34.6 Å². The van der Waals surface area contributed by atoms with Crippen LogP contribution in [0.15, 0.2) is 30.3 Å². The van der Waals surface area contributed by atoms with Crippen LogP contribution in [0.2, 0.25) is 0 Å². The second-order valence-corrected chi connectivity index (χ2v) is 8.43. The number of rotatable bonds is 5. The Kier molecular flexibility index (Phi) is 4.80. The first-order chi connectivity index (χ1) is 11.9. The van der Waals surface area contributed by atoms with E-state index >= 15 is 0 Å². The third-order valence-corrected chi connectivity index (χ3v) is 6.01. The molecule has 1 aromatic carbocycles. The fraction of sp³-hybridized carbons (Fsp3) is 0.412. The summed E-state index contributed by atoms with van der Waals surface area (Å²) in [6, 6.07) is 8.93. The summed E-state index contributed by atoms with van der Waals surface area (Å²) in [5.41, 5.74) is 2.04. The highest BCUT2D eigenvalue weighted by molar-refractivity contribution is 7.91. The molecule has 25 heavy (non-hydrogen) atoms. The van der Waals surface area contributed by atoms with Crippen LogP contribution in [0.25, 0.3) is 0 Å². The third-order valence-electron chi connectivity index (χ3n) is 4.26. The van der Waals surface area contributed by atoms with Crippen LogP contribution in [0.4, 0.5) is 5.69 Å². The smallest absolute Gasteiger partial charge is 0.262 e. The van der Waals surface area contributed by atoms with E-state index in [1.54, 1.807) is 23.7 Å². The Morgan fingerprint density at radius 2 is 2.04 bits per heavy atom. The zero-order valence-corrected chi connectivity index (χ0v) is 15.0. The Hall–Kier alpha value is -2.35. The Balaban J connectivity index is 1.67. The SMILES string of the molecule is Cc1nn(C2CCS(=O)(=O)C2)c(C)c1NC(=O)COc1ccccc1. The first kappa shape index (κ1) is 17.5. The number of ether oxygens (including phenoxy) is 1. The summed E-state index contributed by atoms with van der Waals surface area (Å²) in [6.07, 6.45) is 0.550. The lowest BCUT2D eigenvalue weighted by atomic mass is 10.2. The molecule has 8 heteroatoms. The Morgan fingerprint density at radius 3 is 2.68 bits per heavy atom. The average molecular weight is 363 g/mol. The zero-order chi connectivity index (χ0) is 18.0. The van der Waals surface area contributed by atoms with E-state index in [2.05, 4.69) is 10.4 Å². The third kappa shape index (κ3) is 4.01. The highest BCUT2D eigenvalue weighted by atomic mass is 32.2. The van der Waals surface area contributed by atoms with Crippen molar-refractivity contribution in [3.63, 3.8) is 0 Å². The van der Waals surface area contributed by atoms with Crippen molar-refractivity contribution in [1.82, 2.24) is 9.78 Å². The summed E-state index contributed by atoms with van der Waals surface area (Å²) in [4.78, 5) is 12.2. The number of benzene rings is 1. The van der Waals surface area contributed by atoms with Gasteiger partial charge in [-0.15, -0.1) is 0 Å². The molecule has 0 aliphatic carbocycles. The maximum atomic E-state index is 12.2. The highest BCUT2D eigenvalue weighted by Crippen LogP contribution is 2.29. The molecule has 1 saturated heterocycles. The number of hydrogen-bond donors (Lipinski definition) is 1. The van der Waals surface area contributed by atoms with Crippen LogP contribution in [0.3, 0.4) is 0 Å². The Bertz CT molecular complexity index is 875. The maximum absolute atomic E-state index is 12.2. The van der Waals surface area contributed by atoms with Crippen LogP contribution in [0.5, 0.6) is 5.75 Å². The van der Waals surface area contributed by atoms with E-state index in [4.69, 9.17) is 4.74 Å². The first-order valence-electron chi connectivity index (χ1n) is 8.09. The van der Waals surface area contributed by atoms with Crippen molar-refractivity contribution in [2.24, 2.45) is 0 Å². The Labute approximate surface area is 146 Å². The van der Waals surface area contributed by atoms with Gasteiger partial charge < -0.3 is 10.1 Å². The van der Waals surface area contributed by atoms with Crippen molar-refractivity contribution >= 4 is 21.4 Å². The van der Waals surface area contributed by atoms with Gasteiger partial charge in [-0.1, -0.05) is 18.2 Å². The van der Waals surface area contributed by atoms with E-state index in [1.807, 2.05) is 25.1 Å². The highest BCUT2D eigenvalue weighted by Gasteiger charge is 2.31. The normalized spacial score (nSPS) is 18.9. The second kappa shape index (κ2) is 6.87. The van der Waals surface area contributed by atoms with Crippen molar-refractivity contribution in [2.45, 2.75) is 26.3 Å². The van der Waals surface area contributed by atoms with Crippen LogP contribution >= 0.6 is 0 Å². The van der Waals surface area contributed by atoms with Gasteiger partial charge in [-0.2, -0.15) is 5.10 Å². The molecule has 1 fully saturated rings. The minimum Gasteiger partial charge on any atom is -0.484 e. The van der Waals surface area contributed by atoms with E-state index in [-0.39, 0.29) is 30.1 Å². The van der Waals surface area contributed by atoms with E-state index in [9.17, 15) is 13.2 Å². The molecule has 1 unspecified atom stereocenters. The maximum Gasteiger partial charge on any atom is 0.262 e. The summed E-state index contributed by atoms with van der Waals surface area (Å²) in [7, 11) is -2.99. The number of amides is 1. The summed E-state index contributed by atoms with van der Waals surface area (Å²) in [6.45, 7) is 3.52. The van der Waals surface area contributed by atoms with Crippen LogP contribution < -0.4 is 10.1 Å². The quantitative estimate of drug-likeness (QED) is 0.876. The van der Waals surface area contributed by atoms with Crippen LogP contribution in [0.1, 0.15) is 23.9 Å². The van der Waals surface area contributed by atoms with Crippen molar-refractivity contribution in [2.75, 3.05) is 23.4 Å². The van der Waals surface area contributed by atoms with E-state index in [0.717, 1.165) is 5.69 Å². The molecule has 1 aliphatic rings. The Morgan fingerprint density at radius 1 is 1.32 bits per heavy atom. The van der Waals surface area contributed by atoms with Gasteiger partial charge in [0.15, 0.2) is 16.4 Å². The zero-order valence-electron chi connectivity index (χ0n) is 14.2. The van der Waals surface area contributed by atoms with Crippen LogP contribution in [-0.2, 0) is 14.6 Å². The number of carbonyl (C=O) groups is 1. The predicted molar refractivity (Wildman–Crippen MR) is 94.6 cm³/mol. The number of nitrogens with one attached hydrogen (secondary N) is 1. The molecule has 2 heterocycles. The van der Waals surface area contributed by atoms with Gasteiger partial charge in [-0.05, 0) is 32.4 Å². The van der Waals surface area contributed by atoms with Crippen molar-refractivity contribution in [3.8, 4) is 5.75 Å². The fourth-order valence-electron chi connectivity index (χ4n) is 3.01. The fourth-order valence-corrected chi connectivity index (χ4v) is 4.70. The number of para-hydroxylation sites is 1. The summed E-state index contributed by atoms with van der Waals surface area (Å²) in [5.74, 6) is 0.619. The lowest BCUT2D eigenvalue weighted by Crippen LogP contribution is -2.21. The monoisotopic (exact) mass is 363 g/mol. The molecule has 1 aromatic heterocycles. The number of nitrogens with zero attached hydrogens (tertiary/aromatic N) is 2. The minimum atomic E-state index is -2.99. The van der Waals surface area contributed by atoms with Crippen molar-refractivity contribution in [1.29, 1.82) is 0 Å². The molecule has 7 nitrogen and oxygen atoms in total. The largest absolute Gasteiger partial charge is 0.484 e. The van der Waals surface area contributed by atoms with E-state index in [1.165, 1.54) is 0 Å².